The first-order valence-corrected chi connectivity index (χ1v) is 12.7. The fourth-order valence-corrected chi connectivity index (χ4v) is 5.24. The molecule has 3 aromatic carbocycles. The zero-order valence-corrected chi connectivity index (χ0v) is 22.0. The molecule has 0 fully saturated rings. The summed E-state index contributed by atoms with van der Waals surface area (Å²) in [7, 11) is 3.16. The summed E-state index contributed by atoms with van der Waals surface area (Å²) < 4.78 is 14.9. The maximum atomic E-state index is 14.1. The van der Waals surface area contributed by atoms with Gasteiger partial charge in [-0.1, -0.05) is 48.5 Å². The van der Waals surface area contributed by atoms with E-state index >= 15 is 0 Å². The van der Waals surface area contributed by atoms with Crippen LogP contribution in [0.3, 0.4) is 0 Å². The van der Waals surface area contributed by atoms with Gasteiger partial charge in [0.05, 0.1) is 43.9 Å². The number of benzene rings is 3. The Bertz CT molecular complexity index is 1630. The number of ether oxygens (including phenoxy) is 2. The molecule has 5 aromatic rings. The van der Waals surface area contributed by atoms with Crippen LogP contribution in [0.4, 0.5) is 10.5 Å². The summed E-state index contributed by atoms with van der Waals surface area (Å²) in [5.74, 6) is 2.07. The molecule has 8 heteroatoms. The number of nitrogens with one attached hydrogen (secondary N) is 1. The Balaban J connectivity index is 1.49. The summed E-state index contributed by atoms with van der Waals surface area (Å²) in [5, 5.41) is 8.00. The first kappa shape index (κ1) is 24.4. The van der Waals surface area contributed by atoms with E-state index in [1.54, 1.807) is 32.4 Å². The summed E-state index contributed by atoms with van der Waals surface area (Å²) in [6, 6.07) is 29.1. The van der Waals surface area contributed by atoms with Crippen molar-refractivity contribution in [1.29, 1.82) is 0 Å². The molecule has 0 aliphatic carbocycles. The summed E-state index contributed by atoms with van der Waals surface area (Å²) >= 11 is 0. The van der Waals surface area contributed by atoms with E-state index in [-0.39, 0.29) is 12.1 Å². The maximum absolute atomic E-state index is 14.1. The van der Waals surface area contributed by atoms with Gasteiger partial charge < -0.3 is 24.3 Å². The van der Waals surface area contributed by atoms with E-state index in [1.807, 2.05) is 77.3 Å². The van der Waals surface area contributed by atoms with Crippen molar-refractivity contribution in [2.75, 3.05) is 19.5 Å². The average Bonchev–Trinajstić information content (AvgIpc) is 3.54. The van der Waals surface area contributed by atoms with E-state index in [0.717, 1.165) is 34.0 Å². The molecular weight excluding hydrogens is 490 g/mol. The molecule has 0 bridgehead atoms. The van der Waals surface area contributed by atoms with Crippen molar-refractivity contribution in [2.45, 2.75) is 19.5 Å². The van der Waals surface area contributed by atoms with Crippen LogP contribution in [0.5, 0.6) is 11.5 Å². The number of fused-ring (bicyclic) bond motifs is 3. The molecule has 2 amide bonds. The Morgan fingerprint density at radius 3 is 2.33 bits per heavy atom. The summed E-state index contributed by atoms with van der Waals surface area (Å²) in [6.45, 7) is 2.36. The van der Waals surface area contributed by atoms with Crippen molar-refractivity contribution in [3.8, 4) is 23.0 Å². The molecule has 1 N–H and O–H groups in total. The number of hydrogen-bond donors (Lipinski definition) is 1. The van der Waals surface area contributed by atoms with Crippen LogP contribution in [-0.4, -0.2) is 39.5 Å². The van der Waals surface area contributed by atoms with Gasteiger partial charge in [-0.3, -0.25) is 0 Å². The number of carbonyl (C=O) groups excluding carboxylic acids is 1. The van der Waals surface area contributed by atoms with Crippen molar-refractivity contribution in [3.05, 3.63) is 120 Å². The molecular formula is C31H29N5O3. The summed E-state index contributed by atoms with van der Waals surface area (Å²) in [5.41, 5.74) is 5.41. The number of anilines is 1. The van der Waals surface area contributed by atoms with Crippen LogP contribution in [0, 0.1) is 6.92 Å². The van der Waals surface area contributed by atoms with Crippen molar-refractivity contribution >= 4 is 11.7 Å². The average molecular weight is 520 g/mol. The SMILES string of the molecule is COc1ccc(NC(=O)N2Cc3c(C)nn(-c4ccccc4)c3-n3cccc3C2c2ccccc2)cc1OC. The van der Waals surface area contributed by atoms with E-state index < -0.39 is 0 Å². The van der Waals surface area contributed by atoms with Gasteiger partial charge in [0.25, 0.3) is 0 Å². The molecule has 1 aliphatic rings. The Hall–Kier alpha value is -4.98. The lowest BCUT2D eigenvalue weighted by atomic mass is 10.0. The molecule has 0 saturated carbocycles. The molecule has 3 heterocycles. The Morgan fingerprint density at radius 2 is 1.62 bits per heavy atom. The Morgan fingerprint density at radius 1 is 0.897 bits per heavy atom. The zero-order chi connectivity index (χ0) is 26.9. The smallest absolute Gasteiger partial charge is 0.322 e. The third-order valence-electron chi connectivity index (χ3n) is 7.10. The monoisotopic (exact) mass is 519 g/mol. The number of aryl methyl sites for hydroxylation is 1. The van der Waals surface area contributed by atoms with Crippen molar-refractivity contribution in [1.82, 2.24) is 19.2 Å². The number of urea groups is 1. The number of nitrogens with zero attached hydrogens (tertiary/aromatic N) is 4. The number of aromatic nitrogens is 3. The number of amides is 2. The van der Waals surface area contributed by atoms with Gasteiger partial charge in [-0.05, 0) is 48.9 Å². The Kier molecular flexibility index (Phi) is 6.28. The van der Waals surface area contributed by atoms with Crippen LogP contribution in [-0.2, 0) is 6.54 Å². The second kappa shape index (κ2) is 10.1. The second-order valence-corrected chi connectivity index (χ2v) is 9.38. The Labute approximate surface area is 227 Å². The highest BCUT2D eigenvalue weighted by Crippen LogP contribution is 2.39. The van der Waals surface area contributed by atoms with Crippen LogP contribution in [0.25, 0.3) is 11.5 Å². The van der Waals surface area contributed by atoms with Gasteiger partial charge in [0.2, 0.25) is 0 Å². The molecule has 8 nitrogen and oxygen atoms in total. The standard InChI is InChI=1S/C31H29N5O3/c1-21-25-20-35(31(37)32-23-16-17-27(38-2)28(19-23)39-3)29(22-11-6-4-7-12-22)26-15-10-18-34(26)30(25)36(33-21)24-13-8-5-9-14-24/h4-19,29H,20H2,1-3H3,(H,32,37). The van der Waals surface area contributed by atoms with Gasteiger partial charge in [0, 0.05) is 23.5 Å². The van der Waals surface area contributed by atoms with E-state index in [4.69, 9.17) is 14.6 Å². The first-order chi connectivity index (χ1) is 19.1. The lowest BCUT2D eigenvalue weighted by Crippen LogP contribution is -2.38. The number of carbonyl (C=O) groups is 1. The topological polar surface area (TPSA) is 73.5 Å². The number of rotatable bonds is 5. The minimum Gasteiger partial charge on any atom is -0.493 e. The predicted molar refractivity (Wildman–Crippen MR) is 150 cm³/mol. The molecule has 1 aliphatic heterocycles. The van der Waals surface area contributed by atoms with Gasteiger partial charge >= 0.3 is 6.03 Å². The summed E-state index contributed by atoms with van der Waals surface area (Å²) in [4.78, 5) is 16.0. The fraction of sp³-hybridized carbons (Fsp3) is 0.161. The minimum atomic E-state index is -0.336. The highest BCUT2D eigenvalue weighted by atomic mass is 16.5. The zero-order valence-electron chi connectivity index (χ0n) is 22.0. The number of methoxy groups -OCH3 is 2. The van der Waals surface area contributed by atoms with Crippen LogP contribution in [0.1, 0.15) is 28.6 Å². The quantitative estimate of drug-likeness (QED) is 0.303. The highest BCUT2D eigenvalue weighted by molar-refractivity contribution is 5.90. The van der Waals surface area contributed by atoms with Crippen LogP contribution in [0.15, 0.2) is 97.2 Å². The highest BCUT2D eigenvalue weighted by Gasteiger charge is 2.36. The predicted octanol–water partition coefficient (Wildman–Crippen LogP) is 6.13. The number of hydrogen-bond acceptors (Lipinski definition) is 4. The van der Waals surface area contributed by atoms with Gasteiger partial charge in [0.1, 0.15) is 5.82 Å². The molecule has 0 saturated heterocycles. The van der Waals surface area contributed by atoms with Gasteiger partial charge in [0.15, 0.2) is 11.5 Å². The van der Waals surface area contributed by atoms with Crippen molar-refractivity contribution in [2.24, 2.45) is 0 Å². The van der Waals surface area contributed by atoms with Crippen LogP contribution < -0.4 is 14.8 Å². The van der Waals surface area contributed by atoms with Crippen molar-refractivity contribution in [3.63, 3.8) is 0 Å². The molecule has 2 aromatic heterocycles. The van der Waals surface area contributed by atoms with Gasteiger partial charge in [-0.2, -0.15) is 5.10 Å². The lowest BCUT2D eigenvalue weighted by molar-refractivity contribution is 0.194. The molecule has 0 spiro atoms. The third kappa shape index (κ3) is 4.29. The molecule has 196 valence electrons. The first-order valence-electron chi connectivity index (χ1n) is 12.7. The fourth-order valence-electron chi connectivity index (χ4n) is 5.24. The number of para-hydroxylation sites is 1. The third-order valence-corrected chi connectivity index (χ3v) is 7.10. The largest absolute Gasteiger partial charge is 0.493 e. The second-order valence-electron chi connectivity index (χ2n) is 9.38. The van der Waals surface area contributed by atoms with E-state index in [0.29, 0.717) is 23.7 Å². The van der Waals surface area contributed by atoms with Gasteiger partial charge in [-0.15, -0.1) is 0 Å². The van der Waals surface area contributed by atoms with Gasteiger partial charge in [-0.25, -0.2) is 9.48 Å². The molecule has 1 unspecified atom stereocenters. The normalized spacial score (nSPS) is 14.2. The van der Waals surface area contributed by atoms with Crippen LogP contribution >= 0.6 is 0 Å². The van der Waals surface area contributed by atoms with E-state index in [1.165, 1.54) is 0 Å². The molecule has 6 rings (SSSR count). The minimum absolute atomic E-state index is 0.233. The maximum Gasteiger partial charge on any atom is 0.322 e. The van der Waals surface area contributed by atoms with Crippen molar-refractivity contribution < 1.29 is 14.3 Å². The molecule has 0 radical (unpaired) electrons. The molecule has 39 heavy (non-hydrogen) atoms. The van der Waals surface area contributed by atoms with E-state index in [9.17, 15) is 4.79 Å². The lowest BCUT2D eigenvalue weighted by Gasteiger charge is -2.31. The van der Waals surface area contributed by atoms with Crippen LogP contribution in [0.2, 0.25) is 0 Å². The van der Waals surface area contributed by atoms with E-state index in [2.05, 4.69) is 28.1 Å². The summed E-state index contributed by atoms with van der Waals surface area (Å²) in [6.07, 6.45) is 2.04. The molecule has 1 atom stereocenters.